The third-order valence-corrected chi connectivity index (χ3v) is 9.47. The molecule has 0 radical (unpaired) electrons. The molecule has 3 heteroatoms. The molecule has 0 fully saturated rings. The van der Waals surface area contributed by atoms with Gasteiger partial charge >= 0.3 is 0 Å². The first-order valence-electron chi connectivity index (χ1n) is 26.8. The zero-order valence-electron chi connectivity index (χ0n) is 48.8. The summed E-state index contributed by atoms with van der Waals surface area (Å²) >= 11 is 1.07. The van der Waals surface area contributed by atoms with Crippen molar-refractivity contribution >= 4 is 31.6 Å². The molecule has 0 aliphatic heterocycles. The number of aromatic nitrogens is 2. The van der Waals surface area contributed by atoms with E-state index in [0.717, 1.165) is 17.7 Å². The lowest BCUT2D eigenvalue weighted by Crippen LogP contribution is -2.16. The maximum Gasteiger partial charge on any atom is 0.116 e. The Bertz CT molecular complexity index is 3930. The van der Waals surface area contributed by atoms with Crippen molar-refractivity contribution in [2.24, 2.45) is 0 Å². The smallest absolute Gasteiger partial charge is 0.116 e. The van der Waals surface area contributed by atoms with Gasteiger partial charge in [-0.2, -0.15) is 0 Å². The first-order chi connectivity index (χ1) is 34.3. The molecule has 49 heavy (non-hydrogen) atoms. The molecule has 2 unspecified atom stereocenters. The lowest BCUT2D eigenvalue weighted by atomic mass is 9.69. The van der Waals surface area contributed by atoms with Gasteiger partial charge in [0.2, 0.25) is 0 Å². The Morgan fingerprint density at radius 1 is 0.531 bits per heavy atom. The van der Waals surface area contributed by atoms with E-state index in [-0.39, 0.29) is 54.9 Å². The Hall–Kier alpha value is -5.90. The minimum atomic E-state index is -1.58. The molecular formula is C46H30N2S. The molecule has 0 amide bonds. The van der Waals surface area contributed by atoms with Gasteiger partial charge in [0, 0.05) is 27.5 Å². The molecule has 2 aliphatic rings. The third kappa shape index (κ3) is 4.69. The summed E-state index contributed by atoms with van der Waals surface area (Å²) in [5, 5.41) is 0.372. The number of thiophene rings is 1. The van der Waals surface area contributed by atoms with Crippen molar-refractivity contribution in [1.82, 2.24) is 9.97 Å². The van der Waals surface area contributed by atoms with Crippen LogP contribution in [0.2, 0.25) is 0 Å². The van der Waals surface area contributed by atoms with Crippen molar-refractivity contribution in [2.75, 3.05) is 0 Å². The maximum atomic E-state index is 9.73. The number of rotatable bonds is 4. The van der Waals surface area contributed by atoms with Crippen molar-refractivity contribution in [3.05, 3.63) is 181 Å². The Morgan fingerprint density at radius 2 is 1.18 bits per heavy atom. The van der Waals surface area contributed by atoms with Crippen LogP contribution in [0.1, 0.15) is 55.9 Å². The third-order valence-electron chi connectivity index (χ3n) is 8.31. The van der Waals surface area contributed by atoms with Crippen molar-refractivity contribution < 1.29 is 32.9 Å². The average Bonchev–Trinajstić information content (AvgIpc) is 3.75. The minimum Gasteiger partial charge on any atom is -0.235 e. The monoisotopic (exact) mass is 666 g/mol. The number of hydrogen-bond donors (Lipinski definition) is 0. The van der Waals surface area contributed by atoms with E-state index in [1.165, 1.54) is 12.1 Å². The van der Waals surface area contributed by atoms with E-state index in [0.29, 0.717) is 10.1 Å². The van der Waals surface area contributed by atoms with Gasteiger partial charge in [-0.15, -0.1) is 11.3 Å². The van der Waals surface area contributed by atoms with Crippen LogP contribution in [0, 0.1) is 0 Å². The molecule has 10 rings (SSSR count). The highest BCUT2D eigenvalue weighted by Gasteiger charge is 2.31. The van der Waals surface area contributed by atoms with Gasteiger partial charge in [-0.1, -0.05) is 139 Å². The standard InChI is InChI=1S/C46H30N2S/c1-2-9-29(10-3-1)30-17-19-31(20-18-30)33-22-24-43-42(27-33)45-46(49-43)44(47-28-48-45)35-12-8-11-32(25-35)34-21-23-40-38-15-5-4-13-36(38)37-14-6-7-16-39(37)41(40)26-34/h1-28,37,39H/i1D,2D,3D,4D,5D,6D,7D,8D,9D,10D,11D,12D,13D,14D,15D,16D,17D,18D,19D,20D,21D,23D,25D,26D. The van der Waals surface area contributed by atoms with Crippen LogP contribution in [-0.4, -0.2) is 9.97 Å². The molecular weight excluding hydrogens is 613 g/mol. The van der Waals surface area contributed by atoms with Gasteiger partial charge < -0.3 is 0 Å². The number of nitrogens with zero attached hydrogens (tertiary/aromatic N) is 2. The van der Waals surface area contributed by atoms with Gasteiger partial charge in [-0.25, -0.2) is 9.97 Å². The van der Waals surface area contributed by atoms with E-state index in [1.54, 1.807) is 6.07 Å². The van der Waals surface area contributed by atoms with Crippen LogP contribution >= 0.6 is 11.3 Å². The summed E-state index contributed by atoms with van der Waals surface area (Å²) in [5.74, 6) is -3.11. The quantitative estimate of drug-likeness (QED) is 0.187. The maximum absolute atomic E-state index is 9.73. The lowest BCUT2D eigenvalue weighted by Gasteiger charge is -2.34. The molecule has 2 heterocycles. The topological polar surface area (TPSA) is 25.8 Å². The van der Waals surface area contributed by atoms with Crippen LogP contribution in [0.3, 0.4) is 0 Å². The lowest BCUT2D eigenvalue weighted by molar-refractivity contribution is 0.720. The van der Waals surface area contributed by atoms with E-state index in [4.69, 9.17) is 27.4 Å². The molecule has 6 aromatic carbocycles. The van der Waals surface area contributed by atoms with Crippen LogP contribution in [0.15, 0.2) is 170 Å². The second kappa shape index (κ2) is 11.4. The molecule has 8 aromatic rings. The van der Waals surface area contributed by atoms with Crippen molar-refractivity contribution in [2.45, 2.75) is 11.8 Å². The molecule has 0 spiro atoms. The Morgan fingerprint density at radius 3 is 2.04 bits per heavy atom. The van der Waals surface area contributed by atoms with Gasteiger partial charge in [-0.3, -0.25) is 0 Å². The van der Waals surface area contributed by atoms with Crippen molar-refractivity contribution in [3.8, 4) is 55.8 Å². The fourth-order valence-corrected chi connectivity index (χ4v) is 7.19. The highest BCUT2D eigenvalue weighted by atomic mass is 32.1. The van der Waals surface area contributed by atoms with E-state index in [9.17, 15) is 5.48 Å². The zero-order chi connectivity index (χ0) is 53.2. The largest absolute Gasteiger partial charge is 0.235 e. The van der Waals surface area contributed by atoms with E-state index >= 15 is 0 Å². The van der Waals surface area contributed by atoms with E-state index < -0.39 is 179 Å². The van der Waals surface area contributed by atoms with E-state index in [1.807, 2.05) is 0 Å². The predicted molar refractivity (Wildman–Crippen MR) is 206 cm³/mol. The zero-order valence-corrected chi connectivity index (χ0v) is 25.6. The fourth-order valence-electron chi connectivity index (χ4n) is 6.05. The summed E-state index contributed by atoms with van der Waals surface area (Å²) in [4.78, 5) is 8.88. The number of benzene rings is 6. The Kier molecular flexibility index (Phi) is 3.06. The fraction of sp³-hybridized carbons (Fsp3) is 0.0435. The summed E-state index contributed by atoms with van der Waals surface area (Å²) in [6.07, 6.45) is 1.10. The highest BCUT2D eigenvalue weighted by molar-refractivity contribution is 7.26. The van der Waals surface area contributed by atoms with Crippen LogP contribution < -0.4 is 0 Å². The molecule has 0 bridgehead atoms. The molecule has 0 saturated heterocycles. The first-order valence-corrected chi connectivity index (χ1v) is 15.7. The van der Waals surface area contributed by atoms with Gasteiger partial charge in [-0.05, 0) is 79.9 Å². The minimum absolute atomic E-state index is 0.105. The summed E-state index contributed by atoms with van der Waals surface area (Å²) in [6, 6.07) is -12.1. The van der Waals surface area contributed by atoms with Crippen LogP contribution in [0.25, 0.3) is 76.1 Å². The normalized spacial score (nSPS) is 23.7. The molecule has 2 atom stereocenters. The summed E-state index contributed by atoms with van der Waals surface area (Å²) in [5.41, 5.74) is -3.78. The van der Waals surface area contributed by atoms with E-state index in [2.05, 4.69) is 9.97 Å². The summed E-state index contributed by atoms with van der Waals surface area (Å²) in [6.45, 7) is 0. The summed E-state index contributed by atoms with van der Waals surface area (Å²) < 4.78 is 213. The Labute approximate surface area is 323 Å². The van der Waals surface area contributed by atoms with Crippen molar-refractivity contribution in [3.63, 3.8) is 0 Å². The van der Waals surface area contributed by atoms with Gasteiger partial charge in [0.05, 0.1) is 48.8 Å². The molecule has 0 saturated carbocycles. The highest BCUT2D eigenvalue weighted by Crippen LogP contribution is 2.50. The van der Waals surface area contributed by atoms with Crippen LogP contribution in [0.5, 0.6) is 0 Å². The first kappa shape index (κ1) is 13.2. The SMILES string of the molecule is [2H]C1=C([2H])C2c3c([2H])c([2H])c([2H])c([2H])c3-c3c([2H])c([2H])c(-c4c([2H])c([2H])c([2H])c(-c5ncnc6c5sc5ccc(-c7c([2H])c([2H])c(-c8c([2H])c([2H])c([2H])c([2H])c8[2H])c([2H])c7[2H])cc56)c4[2H])c([2H])c3C2C([2H])=C1[2H]. The van der Waals surface area contributed by atoms with Crippen molar-refractivity contribution in [1.29, 1.82) is 0 Å². The van der Waals surface area contributed by atoms with Crippen LogP contribution in [-0.2, 0) is 0 Å². The van der Waals surface area contributed by atoms with Crippen LogP contribution in [0.4, 0.5) is 0 Å². The molecule has 2 aliphatic carbocycles. The molecule has 2 nitrogen and oxygen atoms in total. The number of fused-ring (bicyclic) bond motifs is 9. The van der Waals surface area contributed by atoms with Gasteiger partial charge in [0.1, 0.15) is 6.33 Å². The van der Waals surface area contributed by atoms with Gasteiger partial charge in [0.15, 0.2) is 0 Å². The molecule has 230 valence electrons. The predicted octanol–water partition coefficient (Wildman–Crippen LogP) is 12.5. The molecule has 0 N–H and O–H groups in total. The second-order valence-electron chi connectivity index (χ2n) is 11.0. The average molecular weight is 667 g/mol. The van der Waals surface area contributed by atoms with Gasteiger partial charge in [0.25, 0.3) is 0 Å². The second-order valence-corrected chi connectivity index (χ2v) is 12.1. The number of allylic oxidation sites excluding steroid dienone is 4. The summed E-state index contributed by atoms with van der Waals surface area (Å²) in [7, 11) is 0. The number of hydrogen-bond acceptors (Lipinski definition) is 3. The molecule has 2 aromatic heterocycles. The Balaban J connectivity index is 1.19.